The summed E-state index contributed by atoms with van der Waals surface area (Å²) in [5.74, 6) is -0.445. The number of hydrogen-bond donors (Lipinski definition) is 1. The predicted molar refractivity (Wildman–Crippen MR) is 127 cm³/mol. The quantitative estimate of drug-likeness (QED) is 0.283. The molecule has 9 heteroatoms. The molecule has 0 amide bonds. The zero-order chi connectivity index (χ0) is 23.2. The van der Waals surface area contributed by atoms with Crippen molar-refractivity contribution in [3.63, 3.8) is 0 Å². The second kappa shape index (κ2) is 10.7. The van der Waals surface area contributed by atoms with E-state index in [2.05, 4.69) is 4.72 Å². The molecule has 0 saturated carbocycles. The van der Waals surface area contributed by atoms with Crippen molar-refractivity contribution in [3.05, 3.63) is 90.5 Å². The van der Waals surface area contributed by atoms with E-state index in [1.807, 2.05) is 42.5 Å². The summed E-state index contributed by atoms with van der Waals surface area (Å²) >= 11 is 1.92. The van der Waals surface area contributed by atoms with Gasteiger partial charge in [0.25, 0.3) is 0 Å². The molecule has 0 aliphatic heterocycles. The fourth-order valence-electron chi connectivity index (χ4n) is 2.94. The summed E-state index contributed by atoms with van der Waals surface area (Å²) in [6, 6.07) is 23.7. The molecule has 3 aromatic rings. The Morgan fingerprint density at radius 2 is 1.34 bits per heavy atom. The SMILES string of the molecule is Cc1ccc(S(=O)(=O)NC(C[CH](C)[Ge])P(=O)(Oc2ccccc2)Oc2ccccc2)cc1. The van der Waals surface area contributed by atoms with Gasteiger partial charge in [0, 0.05) is 0 Å². The number of hydrogen-bond acceptors (Lipinski definition) is 5. The second-order valence-corrected chi connectivity index (χ2v) is 13.3. The van der Waals surface area contributed by atoms with E-state index in [0.29, 0.717) is 11.5 Å². The van der Waals surface area contributed by atoms with Crippen LogP contribution in [0.5, 0.6) is 11.5 Å². The zero-order valence-corrected chi connectivity index (χ0v) is 21.7. The topological polar surface area (TPSA) is 81.7 Å². The summed E-state index contributed by atoms with van der Waals surface area (Å²) in [7, 11) is -8.02. The van der Waals surface area contributed by atoms with Gasteiger partial charge in [0.15, 0.2) is 0 Å². The summed E-state index contributed by atoms with van der Waals surface area (Å²) in [5.41, 5.74) is 0.938. The molecular formula is C23H25GeNO5PS. The molecule has 0 aliphatic rings. The molecule has 6 nitrogen and oxygen atoms in total. The van der Waals surface area contributed by atoms with Crippen molar-refractivity contribution in [3.8, 4) is 11.5 Å². The van der Waals surface area contributed by atoms with Crippen LogP contribution in [0.15, 0.2) is 89.8 Å². The maximum atomic E-state index is 14.2. The molecule has 0 aliphatic carbocycles. The maximum absolute atomic E-state index is 14.2. The predicted octanol–water partition coefficient (Wildman–Crippen LogP) is 5.32. The van der Waals surface area contributed by atoms with E-state index in [4.69, 9.17) is 9.05 Å². The Morgan fingerprint density at radius 3 is 1.78 bits per heavy atom. The molecule has 32 heavy (non-hydrogen) atoms. The first-order valence-corrected chi connectivity index (χ1v) is 14.4. The molecule has 2 atom stereocenters. The van der Waals surface area contributed by atoms with Crippen LogP contribution in [0.3, 0.4) is 0 Å². The van der Waals surface area contributed by atoms with Crippen molar-refractivity contribution in [2.45, 2.75) is 35.7 Å². The third-order valence-electron chi connectivity index (χ3n) is 4.53. The molecule has 0 heterocycles. The van der Waals surface area contributed by atoms with Gasteiger partial charge in [-0.2, -0.15) is 0 Å². The van der Waals surface area contributed by atoms with Gasteiger partial charge in [-0.3, -0.25) is 0 Å². The third-order valence-corrected chi connectivity index (χ3v) is 8.72. The van der Waals surface area contributed by atoms with Crippen LogP contribution < -0.4 is 13.8 Å². The number of para-hydroxylation sites is 2. The van der Waals surface area contributed by atoms with Crippen molar-refractivity contribution in [1.82, 2.24) is 4.72 Å². The van der Waals surface area contributed by atoms with Crippen LogP contribution in [0.2, 0.25) is 4.75 Å². The molecule has 1 N–H and O–H groups in total. The molecule has 0 bridgehead atoms. The summed E-state index contributed by atoms with van der Waals surface area (Å²) in [6.45, 7) is 3.80. The molecule has 167 valence electrons. The molecular weight excluding hydrogens is 506 g/mol. The van der Waals surface area contributed by atoms with Crippen LogP contribution in [0.4, 0.5) is 0 Å². The minimum absolute atomic E-state index is 0.0211. The van der Waals surface area contributed by atoms with E-state index in [1.165, 1.54) is 12.1 Å². The average molecular weight is 531 g/mol. The van der Waals surface area contributed by atoms with E-state index in [9.17, 15) is 13.0 Å². The van der Waals surface area contributed by atoms with Gasteiger partial charge < -0.3 is 0 Å². The molecule has 3 radical (unpaired) electrons. The summed E-state index contributed by atoms with van der Waals surface area (Å²) in [4.78, 5) is 0.0860. The minimum atomic E-state index is -4.04. The van der Waals surface area contributed by atoms with Gasteiger partial charge in [-0.15, -0.1) is 0 Å². The van der Waals surface area contributed by atoms with E-state index in [0.717, 1.165) is 5.56 Å². The first-order chi connectivity index (χ1) is 15.2. The summed E-state index contributed by atoms with van der Waals surface area (Å²) in [5, 5.41) is 0. The Hall–Kier alpha value is -2.06. The van der Waals surface area contributed by atoms with Crippen LogP contribution in [0.1, 0.15) is 18.9 Å². The molecule has 0 saturated heterocycles. The van der Waals surface area contributed by atoms with Crippen molar-refractivity contribution < 1.29 is 22.0 Å². The molecule has 2 unspecified atom stereocenters. The fraction of sp³-hybridized carbons (Fsp3) is 0.217. The number of nitrogens with one attached hydrogen (secondary N) is 1. The number of aryl methyl sites for hydroxylation is 1. The normalized spacial score (nSPS) is 13.8. The second-order valence-electron chi connectivity index (χ2n) is 7.44. The van der Waals surface area contributed by atoms with Gasteiger partial charge >= 0.3 is 199 Å². The van der Waals surface area contributed by atoms with Gasteiger partial charge in [-0.25, -0.2) is 0 Å². The van der Waals surface area contributed by atoms with Crippen LogP contribution in [-0.4, -0.2) is 30.7 Å². The monoisotopic (exact) mass is 532 g/mol. The number of benzene rings is 3. The zero-order valence-electron chi connectivity index (χ0n) is 17.8. The fourth-order valence-corrected chi connectivity index (χ4v) is 7.57. The van der Waals surface area contributed by atoms with Crippen molar-refractivity contribution >= 4 is 34.1 Å². The molecule has 3 aromatic carbocycles. The van der Waals surface area contributed by atoms with Crippen molar-refractivity contribution in [2.75, 3.05) is 0 Å². The number of sulfonamides is 1. The van der Waals surface area contributed by atoms with E-state index in [-0.39, 0.29) is 16.1 Å². The molecule has 0 fully saturated rings. The first-order valence-electron chi connectivity index (χ1n) is 10.1. The summed E-state index contributed by atoms with van der Waals surface area (Å²) < 4.78 is 54.8. The Bertz CT molecular complexity index is 1110. The van der Waals surface area contributed by atoms with Crippen molar-refractivity contribution in [1.29, 1.82) is 0 Å². The Balaban J connectivity index is 2.01. The molecule has 0 aromatic heterocycles. The Kier molecular flexibility index (Phi) is 8.22. The molecule has 0 spiro atoms. The third kappa shape index (κ3) is 6.72. The number of rotatable bonds is 10. The first kappa shape index (κ1) is 24.6. The Labute approximate surface area is 198 Å². The Morgan fingerprint density at radius 1 is 0.875 bits per heavy atom. The van der Waals surface area contributed by atoms with Crippen LogP contribution in [0.25, 0.3) is 0 Å². The van der Waals surface area contributed by atoms with E-state index in [1.54, 1.807) is 60.7 Å². The van der Waals surface area contributed by atoms with Gasteiger partial charge in [0.05, 0.1) is 0 Å². The van der Waals surface area contributed by atoms with E-state index < -0.39 is 23.4 Å². The van der Waals surface area contributed by atoms with Crippen LogP contribution in [0, 0.1) is 6.92 Å². The van der Waals surface area contributed by atoms with Gasteiger partial charge in [0.2, 0.25) is 0 Å². The van der Waals surface area contributed by atoms with Gasteiger partial charge in [-0.1, -0.05) is 0 Å². The summed E-state index contributed by atoms with van der Waals surface area (Å²) in [6.07, 6.45) is 0.252. The van der Waals surface area contributed by atoms with Crippen LogP contribution >= 0.6 is 7.60 Å². The van der Waals surface area contributed by atoms with Crippen LogP contribution in [-0.2, 0) is 14.6 Å². The standard InChI is InChI=1S/C23H25GeNO5PS/c1-18-13-15-22(16-14-18)32(27,28)25-23(17-19(2)24)31(26,29-20-9-5-3-6-10-20)30-21-11-7-4-8-12-21/h3-16,19,23,25H,17H2,1-2H3. The van der Waals surface area contributed by atoms with Crippen molar-refractivity contribution in [2.24, 2.45) is 0 Å². The molecule has 3 rings (SSSR count). The van der Waals surface area contributed by atoms with Gasteiger partial charge in [0.1, 0.15) is 0 Å². The van der Waals surface area contributed by atoms with E-state index >= 15 is 0 Å². The average Bonchev–Trinajstić information content (AvgIpc) is 2.74. The van der Waals surface area contributed by atoms with Gasteiger partial charge in [-0.05, 0) is 0 Å².